The first-order chi connectivity index (χ1) is 9.12. The lowest BCUT2D eigenvalue weighted by atomic mass is 10.0. The Labute approximate surface area is 127 Å². The van der Waals surface area contributed by atoms with Gasteiger partial charge in [-0.2, -0.15) is 0 Å². The van der Waals surface area contributed by atoms with Crippen LogP contribution in [-0.2, 0) is 16.4 Å². The maximum atomic E-state index is 12.2. The summed E-state index contributed by atoms with van der Waals surface area (Å²) in [4.78, 5) is 0.371. The fraction of sp³-hybridized carbons (Fsp3) is 0.571. The second kappa shape index (κ2) is 7.98. The molecule has 1 aliphatic rings. The van der Waals surface area contributed by atoms with E-state index in [0.717, 1.165) is 37.9 Å². The summed E-state index contributed by atoms with van der Waals surface area (Å²) in [6, 6.07) is 7.15. The van der Waals surface area contributed by atoms with Crippen molar-refractivity contribution in [1.29, 1.82) is 0 Å². The molecule has 4 nitrogen and oxygen atoms in total. The Morgan fingerprint density at radius 3 is 2.85 bits per heavy atom. The second-order valence-corrected chi connectivity index (χ2v) is 6.83. The van der Waals surface area contributed by atoms with E-state index in [2.05, 4.69) is 10.0 Å². The molecule has 6 heteroatoms. The molecule has 1 aromatic rings. The number of benzene rings is 1. The zero-order valence-electron chi connectivity index (χ0n) is 11.8. The highest BCUT2D eigenvalue weighted by Crippen LogP contribution is 2.14. The summed E-state index contributed by atoms with van der Waals surface area (Å²) in [6.45, 7) is 4.48. The molecule has 1 saturated heterocycles. The van der Waals surface area contributed by atoms with E-state index in [-0.39, 0.29) is 12.4 Å². The van der Waals surface area contributed by atoms with Crippen molar-refractivity contribution in [2.75, 3.05) is 19.6 Å². The Bertz CT molecular complexity index is 514. The van der Waals surface area contributed by atoms with Crippen molar-refractivity contribution < 1.29 is 8.42 Å². The van der Waals surface area contributed by atoms with Gasteiger partial charge >= 0.3 is 0 Å². The number of hydrogen-bond acceptors (Lipinski definition) is 3. The highest BCUT2D eigenvalue weighted by Gasteiger charge is 2.18. The largest absolute Gasteiger partial charge is 0.316 e. The number of halogens is 1. The lowest BCUT2D eigenvalue weighted by Crippen LogP contribution is -2.38. The lowest BCUT2D eigenvalue weighted by molar-refractivity contribution is 0.376. The van der Waals surface area contributed by atoms with E-state index in [1.807, 2.05) is 13.0 Å². The quantitative estimate of drug-likeness (QED) is 0.872. The number of sulfonamides is 1. The Kier molecular flexibility index (Phi) is 6.95. The zero-order chi connectivity index (χ0) is 13.7. The average Bonchev–Trinajstić information content (AvgIpc) is 2.46. The Morgan fingerprint density at radius 2 is 2.20 bits per heavy atom. The summed E-state index contributed by atoms with van der Waals surface area (Å²) >= 11 is 0. The normalized spacial score (nSPS) is 19.4. The molecule has 1 unspecified atom stereocenters. The molecule has 0 spiro atoms. The van der Waals surface area contributed by atoms with Crippen molar-refractivity contribution in [2.24, 2.45) is 5.92 Å². The molecule has 0 bridgehead atoms. The van der Waals surface area contributed by atoms with Gasteiger partial charge in [0.25, 0.3) is 0 Å². The number of rotatable bonds is 5. The third-order valence-corrected chi connectivity index (χ3v) is 5.00. The smallest absolute Gasteiger partial charge is 0.240 e. The van der Waals surface area contributed by atoms with E-state index in [4.69, 9.17) is 0 Å². The molecule has 0 radical (unpaired) electrons. The standard InChI is InChI=1S/C14H22N2O2S.ClH/c1-2-12-5-3-7-14(9-12)19(17,18)16-11-13-6-4-8-15-10-13;/h3,5,7,9,13,15-16H,2,4,6,8,10-11H2,1H3;1H. The zero-order valence-corrected chi connectivity index (χ0v) is 13.4. The van der Waals surface area contributed by atoms with Crippen molar-refractivity contribution in [2.45, 2.75) is 31.1 Å². The van der Waals surface area contributed by atoms with Crippen molar-refractivity contribution in [3.05, 3.63) is 29.8 Å². The van der Waals surface area contributed by atoms with E-state index < -0.39 is 10.0 Å². The predicted octanol–water partition coefficient (Wildman–Crippen LogP) is 1.95. The number of piperidine rings is 1. The SMILES string of the molecule is CCc1cccc(S(=O)(=O)NCC2CCCNC2)c1.Cl. The minimum absolute atomic E-state index is 0. The van der Waals surface area contributed by atoms with Crippen LogP contribution in [0.15, 0.2) is 29.2 Å². The van der Waals surface area contributed by atoms with E-state index in [1.165, 1.54) is 0 Å². The molecule has 0 amide bonds. The summed E-state index contributed by atoms with van der Waals surface area (Å²) < 4.78 is 27.2. The van der Waals surface area contributed by atoms with E-state index in [1.54, 1.807) is 18.2 Å². The number of hydrogen-bond donors (Lipinski definition) is 2. The van der Waals surface area contributed by atoms with Crippen LogP contribution in [0.1, 0.15) is 25.3 Å². The molecule has 1 atom stereocenters. The van der Waals surface area contributed by atoms with Crippen molar-refractivity contribution in [3.63, 3.8) is 0 Å². The average molecular weight is 319 g/mol. The van der Waals surface area contributed by atoms with Crippen molar-refractivity contribution in [1.82, 2.24) is 10.0 Å². The molecule has 0 saturated carbocycles. The van der Waals surface area contributed by atoms with Crippen LogP contribution in [0.2, 0.25) is 0 Å². The van der Waals surface area contributed by atoms with Gasteiger partial charge in [0.05, 0.1) is 4.90 Å². The fourth-order valence-electron chi connectivity index (χ4n) is 2.34. The first-order valence-corrected chi connectivity index (χ1v) is 8.39. The van der Waals surface area contributed by atoms with Gasteiger partial charge in [0, 0.05) is 6.54 Å². The lowest BCUT2D eigenvalue weighted by Gasteiger charge is -2.22. The van der Waals surface area contributed by atoms with Gasteiger partial charge < -0.3 is 5.32 Å². The maximum absolute atomic E-state index is 12.2. The summed E-state index contributed by atoms with van der Waals surface area (Å²) in [6.07, 6.45) is 3.05. The van der Waals surface area contributed by atoms with Gasteiger partial charge in [-0.1, -0.05) is 19.1 Å². The van der Waals surface area contributed by atoms with Crippen LogP contribution < -0.4 is 10.0 Å². The fourth-order valence-corrected chi connectivity index (χ4v) is 3.53. The Balaban J connectivity index is 0.00000200. The number of aryl methyl sites for hydroxylation is 1. The summed E-state index contributed by atoms with van der Waals surface area (Å²) in [5.41, 5.74) is 1.04. The first kappa shape index (κ1) is 17.4. The summed E-state index contributed by atoms with van der Waals surface area (Å²) in [5.74, 6) is 0.401. The van der Waals surface area contributed by atoms with Crippen LogP contribution in [0.5, 0.6) is 0 Å². The van der Waals surface area contributed by atoms with Gasteiger partial charge in [-0.25, -0.2) is 13.1 Å². The molecule has 1 fully saturated rings. The molecule has 2 N–H and O–H groups in total. The molecule has 0 aromatic heterocycles. The van der Waals surface area contributed by atoms with Gasteiger partial charge in [-0.3, -0.25) is 0 Å². The summed E-state index contributed by atoms with van der Waals surface area (Å²) in [5, 5.41) is 3.29. The number of nitrogens with one attached hydrogen (secondary N) is 2. The molecular formula is C14H23ClN2O2S. The van der Waals surface area contributed by atoms with Crippen LogP contribution in [-0.4, -0.2) is 28.1 Å². The molecular weight excluding hydrogens is 296 g/mol. The monoisotopic (exact) mass is 318 g/mol. The highest BCUT2D eigenvalue weighted by atomic mass is 35.5. The molecule has 1 aliphatic heterocycles. The Morgan fingerprint density at radius 1 is 1.40 bits per heavy atom. The molecule has 0 aliphatic carbocycles. The van der Waals surface area contributed by atoms with Gasteiger partial charge in [-0.15, -0.1) is 12.4 Å². The van der Waals surface area contributed by atoms with E-state index >= 15 is 0 Å². The minimum Gasteiger partial charge on any atom is -0.316 e. The van der Waals surface area contributed by atoms with Crippen molar-refractivity contribution in [3.8, 4) is 0 Å². The highest BCUT2D eigenvalue weighted by molar-refractivity contribution is 7.89. The van der Waals surface area contributed by atoms with Crippen LogP contribution in [0.25, 0.3) is 0 Å². The first-order valence-electron chi connectivity index (χ1n) is 6.91. The Hall–Kier alpha value is -0.620. The molecule has 1 heterocycles. The second-order valence-electron chi connectivity index (χ2n) is 5.07. The van der Waals surface area contributed by atoms with Crippen LogP contribution in [0, 0.1) is 5.92 Å². The minimum atomic E-state index is -3.37. The van der Waals surface area contributed by atoms with Gasteiger partial charge in [-0.05, 0) is 56.0 Å². The maximum Gasteiger partial charge on any atom is 0.240 e. The predicted molar refractivity (Wildman–Crippen MR) is 83.9 cm³/mol. The topological polar surface area (TPSA) is 58.2 Å². The third kappa shape index (κ3) is 4.74. The van der Waals surface area contributed by atoms with Crippen LogP contribution >= 0.6 is 12.4 Å². The van der Waals surface area contributed by atoms with E-state index in [9.17, 15) is 8.42 Å². The van der Waals surface area contributed by atoms with Crippen LogP contribution in [0.3, 0.4) is 0 Å². The third-order valence-electron chi connectivity index (χ3n) is 3.58. The molecule has 2 rings (SSSR count). The van der Waals surface area contributed by atoms with Gasteiger partial charge in [0.1, 0.15) is 0 Å². The van der Waals surface area contributed by atoms with Crippen LogP contribution in [0.4, 0.5) is 0 Å². The summed E-state index contributed by atoms with van der Waals surface area (Å²) in [7, 11) is -3.37. The molecule has 20 heavy (non-hydrogen) atoms. The molecule has 1 aromatic carbocycles. The van der Waals surface area contributed by atoms with Gasteiger partial charge in [0.15, 0.2) is 0 Å². The molecule has 114 valence electrons. The van der Waals surface area contributed by atoms with Gasteiger partial charge in [0.2, 0.25) is 10.0 Å². The van der Waals surface area contributed by atoms with Crippen molar-refractivity contribution >= 4 is 22.4 Å². The van der Waals surface area contributed by atoms with E-state index in [0.29, 0.717) is 17.4 Å².